The van der Waals surface area contributed by atoms with Crippen molar-refractivity contribution in [2.75, 3.05) is 13.1 Å². The molecule has 0 bridgehead atoms. The highest BCUT2D eigenvalue weighted by atomic mass is 35.5. The van der Waals surface area contributed by atoms with Crippen molar-refractivity contribution in [2.24, 2.45) is 5.92 Å². The molecule has 0 aromatic heterocycles. The smallest absolute Gasteiger partial charge is 0.243 e. The lowest BCUT2D eigenvalue weighted by atomic mass is 9.90. The number of carbonyl (C=O) groups is 1. The summed E-state index contributed by atoms with van der Waals surface area (Å²) in [6, 6.07) is 3.18. The lowest BCUT2D eigenvalue weighted by Gasteiger charge is -2.35. The summed E-state index contributed by atoms with van der Waals surface area (Å²) in [5.41, 5.74) is 0. The van der Waals surface area contributed by atoms with Gasteiger partial charge in [0.25, 0.3) is 0 Å². The first-order chi connectivity index (χ1) is 13.9. The third kappa shape index (κ3) is 5.70. The average molecular weight is 445 g/mol. The van der Waals surface area contributed by atoms with Crippen molar-refractivity contribution in [1.82, 2.24) is 9.62 Å². The lowest BCUT2D eigenvalue weighted by molar-refractivity contribution is -0.125. The fourth-order valence-corrected chi connectivity index (χ4v) is 6.31. The molecule has 1 unspecified atom stereocenters. The Labute approximate surface area is 178 Å². The van der Waals surface area contributed by atoms with Crippen LogP contribution < -0.4 is 5.32 Å². The number of benzene rings is 1. The maximum Gasteiger partial charge on any atom is 0.243 e. The summed E-state index contributed by atoms with van der Waals surface area (Å²) in [6.45, 7) is 0.699. The van der Waals surface area contributed by atoms with Crippen molar-refractivity contribution in [2.45, 2.75) is 75.1 Å². The fourth-order valence-electron chi connectivity index (χ4n) is 4.35. The largest absolute Gasteiger partial charge is 0.354 e. The first-order valence-corrected chi connectivity index (χ1v) is 12.5. The molecule has 162 valence electrons. The molecule has 1 N–H and O–H groups in total. The van der Waals surface area contributed by atoms with Gasteiger partial charge in [-0.15, -0.1) is 0 Å². The van der Waals surface area contributed by atoms with E-state index in [-0.39, 0.29) is 27.8 Å². The van der Waals surface area contributed by atoms with Crippen LogP contribution in [0.15, 0.2) is 23.1 Å². The Kier molecular flexibility index (Phi) is 7.93. The van der Waals surface area contributed by atoms with Crippen LogP contribution in [-0.2, 0) is 14.8 Å². The molecule has 1 heterocycles. The van der Waals surface area contributed by atoms with Gasteiger partial charge in [0, 0.05) is 25.0 Å². The van der Waals surface area contributed by atoms with E-state index in [1.54, 1.807) is 0 Å². The number of piperidine rings is 1. The Bertz CT molecular complexity index is 810. The topological polar surface area (TPSA) is 66.5 Å². The molecule has 1 aromatic carbocycles. The van der Waals surface area contributed by atoms with Crippen molar-refractivity contribution in [3.05, 3.63) is 29.0 Å². The molecular formula is C21H30ClFN2O3S. The summed E-state index contributed by atoms with van der Waals surface area (Å²) in [5.74, 6) is -0.577. The fraction of sp³-hybridized carbons (Fsp3) is 0.667. The van der Waals surface area contributed by atoms with Crippen molar-refractivity contribution < 1.29 is 17.6 Å². The van der Waals surface area contributed by atoms with Crippen LogP contribution in [0.1, 0.15) is 64.2 Å². The van der Waals surface area contributed by atoms with Crippen LogP contribution in [0.25, 0.3) is 0 Å². The maximum absolute atomic E-state index is 13.5. The van der Waals surface area contributed by atoms with Gasteiger partial charge < -0.3 is 5.32 Å². The van der Waals surface area contributed by atoms with Crippen LogP contribution in [0, 0.1) is 11.7 Å². The van der Waals surface area contributed by atoms with Gasteiger partial charge in [0.05, 0.1) is 9.92 Å². The molecule has 8 heteroatoms. The van der Waals surface area contributed by atoms with Crippen molar-refractivity contribution in [3.8, 4) is 0 Å². The van der Waals surface area contributed by atoms with Gasteiger partial charge in [-0.05, 0) is 43.9 Å². The number of sulfonamides is 1. The number of nitrogens with zero attached hydrogens (tertiary/aromatic N) is 1. The number of rotatable bonds is 5. The summed E-state index contributed by atoms with van der Waals surface area (Å²) in [5, 5.41) is 2.80. The van der Waals surface area contributed by atoms with Crippen LogP contribution in [0.3, 0.4) is 0 Å². The molecule has 1 aliphatic carbocycles. The molecular weight excluding hydrogens is 415 g/mol. The van der Waals surface area contributed by atoms with Gasteiger partial charge in [-0.2, -0.15) is 4.31 Å². The Hall–Kier alpha value is -1.18. The van der Waals surface area contributed by atoms with Gasteiger partial charge in [-0.1, -0.05) is 50.1 Å². The first-order valence-electron chi connectivity index (χ1n) is 10.6. The highest BCUT2D eigenvalue weighted by molar-refractivity contribution is 7.89. The molecule has 0 spiro atoms. The molecule has 0 radical (unpaired) electrons. The number of hydrogen-bond acceptors (Lipinski definition) is 3. The number of nitrogens with one attached hydrogen (secondary N) is 1. The summed E-state index contributed by atoms with van der Waals surface area (Å²) >= 11 is 5.79. The van der Waals surface area contributed by atoms with E-state index in [0.29, 0.717) is 19.5 Å². The second kappa shape index (κ2) is 10.2. The minimum Gasteiger partial charge on any atom is -0.354 e. The van der Waals surface area contributed by atoms with Crippen LogP contribution in [0.5, 0.6) is 0 Å². The van der Waals surface area contributed by atoms with Crippen LogP contribution in [-0.4, -0.2) is 37.8 Å². The highest BCUT2D eigenvalue weighted by Crippen LogP contribution is 2.28. The average Bonchev–Trinajstić information content (AvgIpc) is 2.68. The lowest BCUT2D eigenvalue weighted by Crippen LogP contribution is -2.50. The van der Waals surface area contributed by atoms with Gasteiger partial charge in [-0.3, -0.25) is 4.79 Å². The molecule has 3 rings (SSSR count). The molecule has 1 aliphatic heterocycles. The number of carbonyl (C=O) groups excluding carboxylic acids is 1. The van der Waals surface area contributed by atoms with E-state index in [0.717, 1.165) is 50.7 Å². The van der Waals surface area contributed by atoms with Crippen LogP contribution >= 0.6 is 11.6 Å². The van der Waals surface area contributed by atoms with Gasteiger partial charge in [0.1, 0.15) is 5.82 Å². The zero-order chi connectivity index (χ0) is 20.9. The van der Waals surface area contributed by atoms with Gasteiger partial charge in [0.2, 0.25) is 15.9 Å². The monoisotopic (exact) mass is 444 g/mol. The minimum atomic E-state index is -3.80. The second-order valence-electron chi connectivity index (χ2n) is 8.13. The zero-order valence-electron chi connectivity index (χ0n) is 16.7. The molecule has 2 aliphatic rings. The number of hydrogen-bond donors (Lipinski definition) is 1. The van der Waals surface area contributed by atoms with Crippen LogP contribution in [0.2, 0.25) is 5.02 Å². The van der Waals surface area contributed by atoms with Crippen molar-refractivity contribution in [3.63, 3.8) is 0 Å². The van der Waals surface area contributed by atoms with Gasteiger partial charge >= 0.3 is 0 Å². The molecule has 1 saturated carbocycles. The normalized spacial score (nSPS) is 22.6. The molecule has 1 atom stereocenters. The summed E-state index contributed by atoms with van der Waals surface area (Å²) < 4.78 is 41.1. The van der Waals surface area contributed by atoms with E-state index >= 15 is 0 Å². The number of halogens is 2. The molecule has 5 nitrogen and oxygen atoms in total. The Morgan fingerprint density at radius 3 is 2.41 bits per heavy atom. The molecule has 29 heavy (non-hydrogen) atoms. The summed E-state index contributed by atoms with van der Waals surface area (Å²) in [7, 11) is -3.80. The quantitative estimate of drug-likeness (QED) is 0.727. The standard InChI is InChI=1S/C21H30ClFN2O3S/c22-19-14-18(11-12-20(19)23)29(27,28)25-13-7-6-10-17(25)15-24-21(26)16-8-4-2-1-3-5-9-16/h11-12,14,16-17H,1-10,13,15H2,(H,24,26). The van der Waals surface area contributed by atoms with Gasteiger partial charge in [0.15, 0.2) is 0 Å². The third-order valence-electron chi connectivity index (χ3n) is 6.06. The zero-order valence-corrected chi connectivity index (χ0v) is 18.3. The van der Waals surface area contributed by atoms with E-state index < -0.39 is 15.8 Å². The highest BCUT2D eigenvalue weighted by Gasteiger charge is 2.34. The second-order valence-corrected chi connectivity index (χ2v) is 10.4. The summed E-state index contributed by atoms with van der Waals surface area (Å²) in [4.78, 5) is 12.7. The predicted octanol–water partition coefficient (Wildman–Crippen LogP) is 4.50. The van der Waals surface area contributed by atoms with Gasteiger partial charge in [-0.25, -0.2) is 12.8 Å². The third-order valence-corrected chi connectivity index (χ3v) is 8.30. The molecule has 1 aromatic rings. The predicted molar refractivity (Wildman–Crippen MR) is 112 cm³/mol. The molecule has 2 fully saturated rings. The van der Waals surface area contributed by atoms with Crippen molar-refractivity contribution >= 4 is 27.5 Å². The number of amides is 1. The minimum absolute atomic E-state index is 0.0119. The van der Waals surface area contributed by atoms with E-state index in [2.05, 4.69) is 5.32 Å². The summed E-state index contributed by atoms with van der Waals surface area (Å²) in [6.07, 6.45) is 9.95. The van der Waals surface area contributed by atoms with Crippen LogP contribution in [0.4, 0.5) is 4.39 Å². The van der Waals surface area contributed by atoms with E-state index in [4.69, 9.17) is 11.6 Å². The Morgan fingerprint density at radius 1 is 1.07 bits per heavy atom. The maximum atomic E-state index is 13.5. The SMILES string of the molecule is O=C(NCC1CCCCN1S(=O)(=O)c1ccc(F)c(Cl)c1)C1CCCCCCC1. The van der Waals surface area contributed by atoms with E-state index in [9.17, 15) is 17.6 Å². The molecule has 1 amide bonds. The Morgan fingerprint density at radius 2 is 1.72 bits per heavy atom. The Balaban J connectivity index is 1.67. The van der Waals surface area contributed by atoms with Crippen molar-refractivity contribution in [1.29, 1.82) is 0 Å². The first kappa shape index (κ1) is 22.5. The van der Waals surface area contributed by atoms with E-state index in [1.807, 2.05) is 0 Å². The van der Waals surface area contributed by atoms with E-state index in [1.165, 1.54) is 29.6 Å². The molecule has 1 saturated heterocycles.